The largest absolute Gasteiger partial charge is 0.383 e. The van der Waals surface area contributed by atoms with Crippen LogP contribution in [0.2, 0.25) is 0 Å². The summed E-state index contributed by atoms with van der Waals surface area (Å²) in [5.41, 5.74) is 11.7. The number of rotatable bonds is 11. The van der Waals surface area contributed by atoms with E-state index in [2.05, 4.69) is 26.7 Å². The van der Waals surface area contributed by atoms with E-state index < -0.39 is 0 Å². The molecule has 0 aliphatic carbocycles. The molecule has 9 heteroatoms. The molecule has 4 rings (SSSR count). The first kappa shape index (κ1) is 26.1. The molecule has 0 unspecified atom stereocenters. The van der Waals surface area contributed by atoms with Gasteiger partial charge in [0.05, 0.1) is 12.6 Å². The highest BCUT2D eigenvalue weighted by Gasteiger charge is 2.12. The molecule has 4 aromatic rings. The fourth-order valence-electron chi connectivity index (χ4n) is 4.29. The summed E-state index contributed by atoms with van der Waals surface area (Å²) >= 11 is 0. The number of H-pyrrole nitrogens is 1. The first-order chi connectivity index (χ1) is 17.9. The van der Waals surface area contributed by atoms with E-state index in [-0.39, 0.29) is 29.9 Å². The highest BCUT2D eigenvalue weighted by Crippen LogP contribution is 2.19. The topological polar surface area (TPSA) is 127 Å². The van der Waals surface area contributed by atoms with Crippen LogP contribution in [-0.2, 0) is 29.0 Å². The van der Waals surface area contributed by atoms with Crippen LogP contribution in [0.5, 0.6) is 0 Å². The standard InChI is InChI=1S/C28H34N6O3/c1-18-13-31-25-8-7-21(12-23(18)25)15-32-26(35)16-34-19(2)14-33-27(28(34)36)30-10-9-20-5-4-6-22(11-20)24(29)17-37-3/h4-8,11-14,24,31H,9-10,15-17,29H2,1-3H3,(H,30,33)(H,32,35)/t24-/m1/s1. The van der Waals surface area contributed by atoms with E-state index in [0.29, 0.717) is 31.8 Å². The Morgan fingerprint density at radius 1 is 1.19 bits per heavy atom. The number of amides is 1. The molecule has 0 saturated heterocycles. The molecule has 2 aromatic heterocycles. The average Bonchev–Trinajstić information content (AvgIpc) is 3.27. The fourth-order valence-corrected chi connectivity index (χ4v) is 4.29. The second-order valence-corrected chi connectivity index (χ2v) is 9.25. The zero-order valence-corrected chi connectivity index (χ0v) is 21.5. The van der Waals surface area contributed by atoms with Crippen LogP contribution in [-0.4, -0.2) is 40.7 Å². The van der Waals surface area contributed by atoms with E-state index in [0.717, 1.165) is 33.2 Å². The number of nitrogens with two attached hydrogens (primary N) is 1. The molecule has 9 nitrogen and oxygen atoms in total. The average molecular weight is 503 g/mol. The number of aromatic amines is 1. The van der Waals surface area contributed by atoms with Crippen LogP contribution in [0.15, 0.2) is 59.7 Å². The lowest BCUT2D eigenvalue weighted by molar-refractivity contribution is -0.121. The number of benzene rings is 2. The third-order valence-corrected chi connectivity index (χ3v) is 6.43. The lowest BCUT2D eigenvalue weighted by Gasteiger charge is -2.14. The van der Waals surface area contributed by atoms with Gasteiger partial charge in [-0.25, -0.2) is 4.98 Å². The number of nitrogens with one attached hydrogen (secondary N) is 3. The maximum atomic E-state index is 13.0. The molecule has 0 bridgehead atoms. The van der Waals surface area contributed by atoms with Gasteiger partial charge in [0.2, 0.25) is 5.91 Å². The minimum atomic E-state index is -0.324. The van der Waals surface area contributed by atoms with Gasteiger partial charge in [0.1, 0.15) is 6.54 Å². The van der Waals surface area contributed by atoms with Crippen LogP contribution >= 0.6 is 0 Å². The van der Waals surface area contributed by atoms with Crippen molar-refractivity contribution in [1.29, 1.82) is 0 Å². The van der Waals surface area contributed by atoms with Gasteiger partial charge in [-0.2, -0.15) is 0 Å². The van der Waals surface area contributed by atoms with E-state index in [1.807, 2.05) is 49.5 Å². The van der Waals surface area contributed by atoms with Crippen molar-refractivity contribution in [1.82, 2.24) is 19.9 Å². The van der Waals surface area contributed by atoms with Crippen molar-refractivity contribution in [3.05, 3.63) is 93.2 Å². The van der Waals surface area contributed by atoms with Crippen LogP contribution in [0.3, 0.4) is 0 Å². The van der Waals surface area contributed by atoms with Gasteiger partial charge in [-0.1, -0.05) is 30.3 Å². The van der Waals surface area contributed by atoms with Crippen LogP contribution in [0.25, 0.3) is 10.9 Å². The molecule has 0 fully saturated rings. The number of ether oxygens (including phenoxy) is 1. The van der Waals surface area contributed by atoms with Gasteiger partial charge in [-0.15, -0.1) is 0 Å². The lowest BCUT2D eigenvalue weighted by Crippen LogP contribution is -2.34. The molecular formula is C28H34N6O3. The Balaban J connectivity index is 1.35. The van der Waals surface area contributed by atoms with Gasteiger partial charge in [-0.05, 0) is 54.7 Å². The molecule has 1 amide bonds. The predicted octanol–water partition coefficient (Wildman–Crippen LogP) is 2.96. The van der Waals surface area contributed by atoms with Crippen molar-refractivity contribution in [2.45, 2.75) is 39.4 Å². The summed E-state index contributed by atoms with van der Waals surface area (Å²) in [4.78, 5) is 33.2. The number of fused-ring (bicyclic) bond motifs is 1. The molecule has 0 spiro atoms. The Bertz CT molecular complexity index is 1440. The van der Waals surface area contributed by atoms with Gasteiger partial charge in [0.25, 0.3) is 5.56 Å². The molecule has 0 aliphatic heterocycles. The van der Waals surface area contributed by atoms with Crippen LogP contribution in [0, 0.1) is 13.8 Å². The summed E-state index contributed by atoms with van der Waals surface area (Å²) in [7, 11) is 1.63. The van der Waals surface area contributed by atoms with Crippen molar-refractivity contribution in [3.8, 4) is 0 Å². The number of aromatic nitrogens is 3. The van der Waals surface area contributed by atoms with Crippen LogP contribution in [0.1, 0.15) is 34.0 Å². The van der Waals surface area contributed by atoms with Crippen molar-refractivity contribution in [2.75, 3.05) is 25.6 Å². The Morgan fingerprint density at radius 2 is 2.03 bits per heavy atom. The molecule has 194 valence electrons. The molecular weight excluding hydrogens is 468 g/mol. The second kappa shape index (κ2) is 11.9. The molecule has 2 heterocycles. The summed E-state index contributed by atoms with van der Waals surface area (Å²) in [6.07, 6.45) is 4.25. The summed E-state index contributed by atoms with van der Waals surface area (Å²) < 4.78 is 6.58. The van der Waals surface area contributed by atoms with E-state index >= 15 is 0 Å². The Morgan fingerprint density at radius 3 is 2.84 bits per heavy atom. The summed E-state index contributed by atoms with van der Waals surface area (Å²) in [6.45, 7) is 5.08. The minimum absolute atomic E-state index is 0.0767. The molecule has 5 N–H and O–H groups in total. The molecule has 1 atom stereocenters. The van der Waals surface area contributed by atoms with Crippen molar-refractivity contribution < 1.29 is 9.53 Å². The van der Waals surface area contributed by atoms with E-state index in [1.165, 1.54) is 4.57 Å². The number of anilines is 1. The first-order valence-corrected chi connectivity index (χ1v) is 12.3. The van der Waals surface area contributed by atoms with Gasteiger partial charge in [0.15, 0.2) is 5.82 Å². The Kier molecular flexibility index (Phi) is 8.37. The van der Waals surface area contributed by atoms with Crippen molar-refractivity contribution in [2.24, 2.45) is 5.73 Å². The van der Waals surface area contributed by atoms with E-state index in [4.69, 9.17) is 10.5 Å². The third kappa shape index (κ3) is 6.44. The van der Waals surface area contributed by atoms with Gasteiger partial charge < -0.3 is 26.1 Å². The van der Waals surface area contributed by atoms with Crippen molar-refractivity contribution >= 4 is 22.6 Å². The van der Waals surface area contributed by atoms with Gasteiger partial charge in [-0.3, -0.25) is 14.2 Å². The number of nitrogens with zero attached hydrogens (tertiary/aromatic N) is 2. The smallest absolute Gasteiger partial charge is 0.293 e. The highest BCUT2D eigenvalue weighted by atomic mass is 16.5. The normalized spacial score (nSPS) is 12.0. The lowest BCUT2D eigenvalue weighted by atomic mass is 10.0. The SMILES string of the molecule is COC[C@@H](N)c1cccc(CCNc2ncc(C)n(CC(=O)NCc3ccc4[nH]cc(C)c4c3)c2=O)c1. The molecule has 0 saturated carbocycles. The van der Waals surface area contributed by atoms with Crippen molar-refractivity contribution in [3.63, 3.8) is 0 Å². The zero-order chi connectivity index (χ0) is 26.4. The van der Waals surface area contributed by atoms with Crippen LogP contribution in [0.4, 0.5) is 5.82 Å². The fraction of sp³-hybridized carbons (Fsp3) is 0.321. The Labute approximate surface area is 216 Å². The number of hydrogen-bond acceptors (Lipinski definition) is 6. The van der Waals surface area contributed by atoms with E-state index in [1.54, 1.807) is 20.2 Å². The quantitative estimate of drug-likeness (QED) is 0.250. The van der Waals surface area contributed by atoms with E-state index in [9.17, 15) is 9.59 Å². The maximum absolute atomic E-state index is 13.0. The third-order valence-electron chi connectivity index (χ3n) is 6.43. The Hall–Kier alpha value is -3.95. The van der Waals surface area contributed by atoms with Crippen LogP contribution < -0.4 is 21.9 Å². The molecule has 2 aromatic carbocycles. The summed E-state index contributed by atoms with van der Waals surface area (Å²) in [6, 6.07) is 13.9. The zero-order valence-electron chi connectivity index (χ0n) is 21.5. The number of carbonyl (C=O) groups is 1. The summed E-state index contributed by atoms with van der Waals surface area (Å²) in [5.74, 6) is -0.0172. The minimum Gasteiger partial charge on any atom is -0.383 e. The number of aryl methyl sites for hydroxylation is 2. The number of hydrogen-bond donors (Lipinski definition) is 4. The highest BCUT2D eigenvalue weighted by molar-refractivity contribution is 5.83. The maximum Gasteiger partial charge on any atom is 0.293 e. The monoisotopic (exact) mass is 502 g/mol. The second-order valence-electron chi connectivity index (χ2n) is 9.25. The molecule has 0 aliphatic rings. The molecule has 37 heavy (non-hydrogen) atoms. The summed E-state index contributed by atoms with van der Waals surface area (Å²) in [5, 5.41) is 7.17. The number of methoxy groups -OCH3 is 1. The predicted molar refractivity (Wildman–Crippen MR) is 146 cm³/mol. The van der Waals surface area contributed by atoms with Gasteiger partial charge in [0, 0.05) is 49.2 Å². The first-order valence-electron chi connectivity index (χ1n) is 12.3. The van der Waals surface area contributed by atoms with Gasteiger partial charge >= 0.3 is 0 Å². The molecule has 0 radical (unpaired) electrons. The number of carbonyl (C=O) groups excluding carboxylic acids is 1.